The molecule has 0 fully saturated rings. The van der Waals surface area contributed by atoms with Gasteiger partial charge >= 0.3 is 0 Å². The molecule has 1 aliphatic heterocycles. The van der Waals surface area contributed by atoms with Gasteiger partial charge in [0.15, 0.2) is 0 Å². The number of carbonyl (C=O) groups is 1. The zero-order chi connectivity index (χ0) is 19.6. The van der Waals surface area contributed by atoms with Gasteiger partial charge in [0, 0.05) is 30.3 Å². The molecule has 0 bridgehead atoms. The Morgan fingerprint density at radius 2 is 2.33 bits per heavy atom. The van der Waals surface area contributed by atoms with Crippen molar-refractivity contribution in [1.29, 1.82) is 5.26 Å². The van der Waals surface area contributed by atoms with Crippen LogP contribution in [0.1, 0.15) is 36.6 Å². The molecular weight excluding hydrogens is 346 g/mol. The molecule has 1 aromatic heterocycles. The van der Waals surface area contributed by atoms with Gasteiger partial charge < -0.3 is 10.1 Å². The highest BCUT2D eigenvalue weighted by atomic mass is 16.5. The zero-order valence-electron chi connectivity index (χ0n) is 15.2. The first-order valence-electron chi connectivity index (χ1n) is 8.61. The van der Waals surface area contributed by atoms with Crippen LogP contribution in [-0.2, 0) is 11.2 Å². The minimum atomic E-state index is -0.681. The number of aromatic nitrogens is 2. The molecular formula is C19H21N5O3. The summed E-state index contributed by atoms with van der Waals surface area (Å²) < 4.78 is 7.52. The van der Waals surface area contributed by atoms with Crippen molar-refractivity contribution in [3.8, 4) is 17.5 Å². The highest BCUT2D eigenvalue weighted by Crippen LogP contribution is 2.39. The number of anilines is 1. The molecule has 8 nitrogen and oxygen atoms in total. The Balaban J connectivity index is 2.02. The second kappa shape index (κ2) is 7.51. The largest absolute Gasteiger partial charge is 0.491 e. The second-order valence-corrected chi connectivity index (χ2v) is 6.57. The average Bonchev–Trinajstić information content (AvgIpc) is 3.34. The molecule has 1 aromatic carbocycles. The van der Waals surface area contributed by atoms with Crippen LogP contribution in [0.2, 0.25) is 0 Å². The maximum atomic E-state index is 11.4. The quantitative estimate of drug-likeness (QED) is 0.410. The lowest BCUT2D eigenvalue weighted by Crippen LogP contribution is -2.24. The Labute approximate surface area is 157 Å². The number of nitriles is 1. The van der Waals surface area contributed by atoms with Crippen LogP contribution in [0.15, 0.2) is 30.5 Å². The molecule has 0 radical (unpaired) electrons. The number of benzene rings is 1. The van der Waals surface area contributed by atoms with Crippen LogP contribution in [0.5, 0.6) is 5.75 Å². The first-order valence-corrected chi connectivity index (χ1v) is 8.61. The number of carbonyl (C=O) groups excluding carboxylic acids is 1. The molecule has 0 spiro atoms. The van der Waals surface area contributed by atoms with Gasteiger partial charge in [0.2, 0.25) is 0 Å². The molecule has 8 heteroatoms. The number of hydroxylamine groups is 1. The molecule has 2 heterocycles. The Morgan fingerprint density at radius 1 is 1.56 bits per heavy atom. The van der Waals surface area contributed by atoms with E-state index in [0.717, 1.165) is 16.9 Å². The SMILES string of the molecule is C=C(CNc1cc(-n2ccc(C(C)C)n2)c2c(c1C#N)CCO2)C(=O)NO. The van der Waals surface area contributed by atoms with Crippen molar-refractivity contribution in [2.24, 2.45) is 0 Å². The number of nitrogens with zero attached hydrogens (tertiary/aromatic N) is 3. The zero-order valence-corrected chi connectivity index (χ0v) is 15.2. The maximum absolute atomic E-state index is 11.4. The Hall–Kier alpha value is -3.31. The number of rotatable bonds is 6. The third-order valence-electron chi connectivity index (χ3n) is 4.43. The summed E-state index contributed by atoms with van der Waals surface area (Å²) in [6.07, 6.45) is 2.48. The molecule has 1 amide bonds. The molecule has 0 saturated carbocycles. The van der Waals surface area contributed by atoms with Gasteiger partial charge in [-0.25, -0.2) is 10.2 Å². The molecule has 27 heavy (non-hydrogen) atoms. The van der Waals surface area contributed by atoms with Crippen LogP contribution in [0.3, 0.4) is 0 Å². The molecule has 140 valence electrons. The molecule has 1 aliphatic rings. The van der Waals surface area contributed by atoms with E-state index in [1.54, 1.807) is 16.2 Å². The molecule has 2 aromatic rings. The van der Waals surface area contributed by atoms with Gasteiger partial charge in [-0.3, -0.25) is 10.0 Å². The van der Waals surface area contributed by atoms with E-state index < -0.39 is 5.91 Å². The van der Waals surface area contributed by atoms with E-state index in [4.69, 9.17) is 9.94 Å². The predicted molar refractivity (Wildman–Crippen MR) is 99.1 cm³/mol. The van der Waals surface area contributed by atoms with Gasteiger partial charge in [0.25, 0.3) is 5.91 Å². The second-order valence-electron chi connectivity index (χ2n) is 6.57. The summed E-state index contributed by atoms with van der Waals surface area (Å²) in [5.74, 6) is 0.262. The van der Waals surface area contributed by atoms with Gasteiger partial charge in [-0.15, -0.1) is 0 Å². The number of ether oxygens (including phenoxy) is 1. The Bertz CT molecular complexity index is 940. The summed E-state index contributed by atoms with van der Waals surface area (Å²) in [6.45, 7) is 8.32. The molecule has 0 unspecified atom stereocenters. The van der Waals surface area contributed by atoms with Gasteiger partial charge in [0.05, 0.1) is 23.6 Å². The fraction of sp³-hybridized carbons (Fsp3) is 0.316. The van der Waals surface area contributed by atoms with Crippen molar-refractivity contribution >= 4 is 11.6 Å². The number of amides is 1. The van der Waals surface area contributed by atoms with Crippen molar-refractivity contribution < 1.29 is 14.7 Å². The summed E-state index contributed by atoms with van der Waals surface area (Å²) in [7, 11) is 0. The molecule has 3 rings (SSSR count). The van der Waals surface area contributed by atoms with E-state index in [1.165, 1.54) is 0 Å². The average molecular weight is 367 g/mol. The molecule has 3 N–H and O–H groups in total. The van der Waals surface area contributed by atoms with Gasteiger partial charge in [-0.2, -0.15) is 10.4 Å². The van der Waals surface area contributed by atoms with Gasteiger partial charge in [0.1, 0.15) is 17.5 Å². The Morgan fingerprint density at radius 3 is 2.96 bits per heavy atom. The van der Waals surface area contributed by atoms with Crippen LogP contribution in [0, 0.1) is 11.3 Å². The van der Waals surface area contributed by atoms with E-state index in [9.17, 15) is 10.1 Å². The lowest BCUT2D eigenvalue weighted by Gasteiger charge is -2.15. The summed E-state index contributed by atoms with van der Waals surface area (Å²) in [6, 6.07) is 5.94. The highest BCUT2D eigenvalue weighted by molar-refractivity contribution is 5.92. The van der Waals surface area contributed by atoms with Gasteiger partial charge in [-0.05, 0) is 18.1 Å². The van der Waals surface area contributed by atoms with Crippen LogP contribution in [-0.4, -0.2) is 34.0 Å². The first-order chi connectivity index (χ1) is 13.0. The fourth-order valence-electron chi connectivity index (χ4n) is 2.94. The lowest BCUT2D eigenvalue weighted by molar-refractivity contribution is -0.125. The smallest absolute Gasteiger partial charge is 0.271 e. The third-order valence-corrected chi connectivity index (χ3v) is 4.43. The lowest BCUT2D eigenvalue weighted by atomic mass is 10.0. The topological polar surface area (TPSA) is 112 Å². The normalized spacial score (nSPS) is 12.3. The van der Waals surface area contributed by atoms with E-state index in [-0.39, 0.29) is 18.0 Å². The van der Waals surface area contributed by atoms with E-state index in [2.05, 4.69) is 36.9 Å². The highest BCUT2D eigenvalue weighted by Gasteiger charge is 2.25. The third kappa shape index (κ3) is 3.50. The van der Waals surface area contributed by atoms with Crippen LogP contribution < -0.4 is 15.5 Å². The number of hydrogen-bond acceptors (Lipinski definition) is 6. The fourth-order valence-corrected chi connectivity index (χ4v) is 2.94. The molecule has 0 aliphatic carbocycles. The maximum Gasteiger partial charge on any atom is 0.271 e. The number of nitrogens with one attached hydrogen (secondary N) is 2. The summed E-state index contributed by atoms with van der Waals surface area (Å²) >= 11 is 0. The predicted octanol–water partition coefficient (Wildman–Crippen LogP) is 2.28. The van der Waals surface area contributed by atoms with Crippen molar-refractivity contribution in [2.45, 2.75) is 26.2 Å². The number of hydrogen-bond donors (Lipinski definition) is 3. The van der Waals surface area contributed by atoms with Crippen LogP contribution in [0.25, 0.3) is 5.69 Å². The van der Waals surface area contributed by atoms with Crippen LogP contribution in [0.4, 0.5) is 5.69 Å². The minimum absolute atomic E-state index is 0.0799. The van der Waals surface area contributed by atoms with Crippen molar-refractivity contribution in [3.05, 3.63) is 47.3 Å². The van der Waals surface area contributed by atoms with Crippen LogP contribution >= 0.6 is 0 Å². The molecule has 0 saturated heterocycles. The summed E-state index contributed by atoms with van der Waals surface area (Å²) in [5, 5.41) is 26.0. The van der Waals surface area contributed by atoms with Gasteiger partial charge in [-0.1, -0.05) is 20.4 Å². The summed E-state index contributed by atoms with van der Waals surface area (Å²) in [5.41, 5.74) is 5.21. The molecule has 0 atom stereocenters. The summed E-state index contributed by atoms with van der Waals surface area (Å²) in [4.78, 5) is 11.4. The van der Waals surface area contributed by atoms with E-state index >= 15 is 0 Å². The van der Waals surface area contributed by atoms with E-state index in [1.807, 2.05) is 12.3 Å². The standard InChI is InChI=1S/C19H21N5O3/c1-11(2)15-4-6-24(22-15)17-8-16(21-10-12(3)19(25)23-26)14(9-20)13-5-7-27-18(13)17/h4,6,8,11,21,26H,3,5,7,10H2,1-2H3,(H,23,25). The van der Waals surface area contributed by atoms with Crippen molar-refractivity contribution in [1.82, 2.24) is 15.3 Å². The number of fused-ring (bicyclic) bond motifs is 1. The van der Waals surface area contributed by atoms with Crippen molar-refractivity contribution in [3.63, 3.8) is 0 Å². The first kappa shape index (κ1) is 18.5. The van der Waals surface area contributed by atoms with Crippen molar-refractivity contribution in [2.75, 3.05) is 18.5 Å². The Kier molecular flexibility index (Phi) is 5.14. The minimum Gasteiger partial charge on any atom is -0.491 e. The van der Waals surface area contributed by atoms with E-state index in [0.29, 0.717) is 30.0 Å². The monoisotopic (exact) mass is 367 g/mol.